The van der Waals surface area contributed by atoms with Crippen molar-refractivity contribution < 1.29 is 33.7 Å². The highest BCUT2D eigenvalue weighted by molar-refractivity contribution is 9.10. The minimum Gasteiger partial charge on any atom is -0.503 e. The van der Waals surface area contributed by atoms with Crippen LogP contribution < -0.4 is 10.5 Å². The molecular formula is C22H25BrN2O7. The lowest BCUT2D eigenvalue weighted by Gasteiger charge is -2.18. The van der Waals surface area contributed by atoms with Crippen LogP contribution in [0.15, 0.2) is 41.0 Å². The molecule has 1 aromatic carbocycles. The number of primary amides is 1. The molecule has 3 N–H and O–H groups in total. The van der Waals surface area contributed by atoms with Gasteiger partial charge in [0.25, 0.3) is 5.91 Å². The van der Waals surface area contributed by atoms with Crippen LogP contribution in [-0.4, -0.2) is 47.8 Å². The lowest BCUT2D eigenvalue weighted by atomic mass is 9.94. The fourth-order valence-corrected chi connectivity index (χ4v) is 3.44. The van der Waals surface area contributed by atoms with E-state index < -0.39 is 5.91 Å². The number of carbonyl (C=O) groups excluding carboxylic acids is 3. The first kappa shape index (κ1) is 25.1. The van der Waals surface area contributed by atoms with Gasteiger partial charge in [0.15, 0.2) is 17.2 Å². The molecule has 1 saturated heterocycles. The number of aromatic nitrogens is 1. The van der Waals surface area contributed by atoms with Crippen LogP contribution >= 0.6 is 15.9 Å². The fraction of sp³-hybridized carbons (Fsp3) is 0.364. The number of esters is 2. The van der Waals surface area contributed by atoms with Crippen LogP contribution in [0.5, 0.6) is 11.5 Å². The number of rotatable bonds is 4. The molecule has 2 unspecified atom stereocenters. The van der Waals surface area contributed by atoms with Crippen LogP contribution in [0.25, 0.3) is 0 Å². The van der Waals surface area contributed by atoms with Crippen LogP contribution in [0.3, 0.4) is 0 Å². The Hall–Kier alpha value is -3.14. The number of nitrogens with zero attached hydrogens (tertiary/aromatic N) is 1. The molecule has 0 spiro atoms. The molecule has 1 aromatic heterocycles. The molecule has 0 radical (unpaired) electrons. The maximum atomic E-state index is 12.0. The minimum absolute atomic E-state index is 0.107. The second kappa shape index (κ2) is 12.0. The fourth-order valence-electron chi connectivity index (χ4n) is 3.06. The maximum Gasteiger partial charge on any atom is 0.309 e. The van der Waals surface area contributed by atoms with Gasteiger partial charge in [0.2, 0.25) is 0 Å². The highest BCUT2D eigenvalue weighted by Crippen LogP contribution is 2.30. The van der Waals surface area contributed by atoms with Gasteiger partial charge in [-0.25, -0.2) is 4.98 Å². The predicted octanol–water partition coefficient (Wildman–Crippen LogP) is 2.77. The lowest BCUT2D eigenvalue weighted by molar-refractivity contribution is -0.149. The van der Waals surface area contributed by atoms with Gasteiger partial charge in [-0.15, -0.1) is 0 Å². The Balaban J connectivity index is 0.000000244. The molecule has 2 atom stereocenters. The standard InChI is InChI=1S/C15H18O4.C7H7BrN2O3/c1-11-9-13(10-12-5-3-2-4-6-12)15(17)18-8-7-14(16)19-11;1-13-3-2-4(8)10-5(6(3)11)7(9)12/h2-6,11,13H,7-10H2,1H3;2,11H,1H3,(H2,9,12). The predicted molar refractivity (Wildman–Crippen MR) is 118 cm³/mol. The number of pyridine rings is 1. The molecule has 9 nitrogen and oxygen atoms in total. The van der Waals surface area contributed by atoms with Crippen molar-refractivity contribution in [2.45, 2.75) is 32.3 Å². The molecule has 1 amide bonds. The normalized spacial score (nSPS) is 18.6. The van der Waals surface area contributed by atoms with Crippen LogP contribution in [0.4, 0.5) is 0 Å². The number of carbonyl (C=O) groups is 3. The van der Waals surface area contributed by atoms with Crippen LogP contribution in [0, 0.1) is 5.92 Å². The summed E-state index contributed by atoms with van der Waals surface area (Å²) in [4.78, 5) is 37.8. The second-order valence-electron chi connectivity index (χ2n) is 7.05. The van der Waals surface area contributed by atoms with Gasteiger partial charge in [0.1, 0.15) is 11.2 Å². The van der Waals surface area contributed by atoms with Crippen LogP contribution in [0.2, 0.25) is 0 Å². The Bertz CT molecular complexity index is 953. The van der Waals surface area contributed by atoms with Gasteiger partial charge in [0, 0.05) is 6.07 Å². The van der Waals surface area contributed by atoms with E-state index in [1.165, 1.54) is 13.2 Å². The Morgan fingerprint density at radius 2 is 2.00 bits per heavy atom. The molecule has 0 aliphatic carbocycles. The number of cyclic esters (lactones) is 2. The third kappa shape index (κ3) is 7.52. The number of ether oxygens (including phenoxy) is 3. The average molecular weight is 509 g/mol. The van der Waals surface area contributed by atoms with Crippen molar-refractivity contribution in [1.29, 1.82) is 0 Å². The summed E-state index contributed by atoms with van der Waals surface area (Å²) in [6, 6.07) is 11.2. The molecule has 2 heterocycles. The van der Waals surface area contributed by atoms with Crippen molar-refractivity contribution in [1.82, 2.24) is 4.98 Å². The topological polar surface area (TPSA) is 138 Å². The van der Waals surface area contributed by atoms with E-state index in [9.17, 15) is 19.5 Å². The second-order valence-corrected chi connectivity index (χ2v) is 7.86. The summed E-state index contributed by atoms with van der Waals surface area (Å²) in [5.74, 6) is -1.82. The number of hydrogen-bond acceptors (Lipinski definition) is 8. The maximum absolute atomic E-state index is 12.0. The van der Waals surface area contributed by atoms with Crippen LogP contribution in [-0.2, 0) is 25.5 Å². The summed E-state index contributed by atoms with van der Waals surface area (Å²) in [6.45, 7) is 1.92. The van der Waals surface area contributed by atoms with Crippen molar-refractivity contribution in [2.75, 3.05) is 13.7 Å². The summed E-state index contributed by atoms with van der Waals surface area (Å²) >= 11 is 3.05. The van der Waals surface area contributed by atoms with Gasteiger partial charge in [-0.2, -0.15) is 0 Å². The minimum atomic E-state index is -0.808. The highest BCUT2D eigenvalue weighted by atomic mass is 79.9. The van der Waals surface area contributed by atoms with Crippen molar-refractivity contribution in [3.63, 3.8) is 0 Å². The zero-order chi connectivity index (χ0) is 23.7. The largest absolute Gasteiger partial charge is 0.503 e. The van der Waals surface area contributed by atoms with Gasteiger partial charge in [0.05, 0.1) is 25.6 Å². The number of aromatic hydroxyl groups is 1. The number of amides is 1. The Morgan fingerprint density at radius 1 is 1.31 bits per heavy atom. The van der Waals surface area contributed by atoms with Crippen molar-refractivity contribution in [3.8, 4) is 11.5 Å². The third-order valence-electron chi connectivity index (χ3n) is 4.54. The molecule has 1 fully saturated rings. The Kier molecular flexibility index (Phi) is 9.45. The van der Waals surface area contributed by atoms with Crippen molar-refractivity contribution >= 4 is 33.8 Å². The van der Waals surface area contributed by atoms with E-state index in [2.05, 4.69) is 20.9 Å². The molecule has 0 bridgehead atoms. The number of methoxy groups -OCH3 is 1. The molecule has 0 saturated carbocycles. The molecule has 1 aliphatic heterocycles. The summed E-state index contributed by atoms with van der Waals surface area (Å²) in [6.07, 6.45) is 0.988. The summed E-state index contributed by atoms with van der Waals surface area (Å²) in [5.41, 5.74) is 5.84. The number of benzene rings is 1. The first-order chi connectivity index (χ1) is 15.2. The summed E-state index contributed by atoms with van der Waals surface area (Å²) in [7, 11) is 1.37. The number of hydrogen-bond donors (Lipinski definition) is 2. The molecule has 10 heteroatoms. The van der Waals surface area contributed by atoms with Gasteiger partial charge in [-0.05, 0) is 41.3 Å². The van der Waals surface area contributed by atoms with Gasteiger partial charge >= 0.3 is 11.9 Å². The zero-order valence-electron chi connectivity index (χ0n) is 17.7. The summed E-state index contributed by atoms with van der Waals surface area (Å²) < 4.78 is 15.5. The highest BCUT2D eigenvalue weighted by Gasteiger charge is 2.26. The summed E-state index contributed by atoms with van der Waals surface area (Å²) in [5, 5.41) is 9.37. The van der Waals surface area contributed by atoms with Gasteiger partial charge in [-0.3, -0.25) is 14.4 Å². The van der Waals surface area contributed by atoms with Gasteiger partial charge < -0.3 is 25.1 Å². The molecule has 2 aromatic rings. The average Bonchev–Trinajstić information content (AvgIpc) is 2.80. The lowest BCUT2D eigenvalue weighted by Crippen LogP contribution is -2.24. The number of halogens is 1. The molecular weight excluding hydrogens is 484 g/mol. The van der Waals surface area contributed by atoms with Crippen molar-refractivity contribution in [3.05, 3.63) is 52.3 Å². The Morgan fingerprint density at radius 3 is 2.62 bits per heavy atom. The van der Waals surface area contributed by atoms with E-state index in [1.807, 2.05) is 37.3 Å². The quantitative estimate of drug-likeness (QED) is 0.474. The van der Waals surface area contributed by atoms with Gasteiger partial charge in [-0.1, -0.05) is 30.3 Å². The first-order valence-electron chi connectivity index (χ1n) is 9.84. The smallest absolute Gasteiger partial charge is 0.309 e. The van der Waals surface area contributed by atoms with Crippen molar-refractivity contribution in [2.24, 2.45) is 11.7 Å². The Labute approximate surface area is 194 Å². The van der Waals surface area contributed by atoms with E-state index in [1.54, 1.807) is 0 Å². The monoisotopic (exact) mass is 508 g/mol. The number of nitrogens with two attached hydrogens (primary N) is 1. The zero-order valence-corrected chi connectivity index (χ0v) is 19.3. The SMILES string of the molecule is CC1CC(Cc2ccccc2)C(=O)OCCC(=O)O1.COc1cc(Br)nc(C(N)=O)c1O. The molecule has 172 valence electrons. The van der Waals surface area contributed by atoms with E-state index in [-0.39, 0.29) is 54.2 Å². The van der Waals surface area contributed by atoms with E-state index in [0.717, 1.165) is 5.56 Å². The molecule has 32 heavy (non-hydrogen) atoms. The van der Waals surface area contributed by atoms with Crippen LogP contribution in [0.1, 0.15) is 35.8 Å². The third-order valence-corrected chi connectivity index (χ3v) is 4.94. The first-order valence-corrected chi connectivity index (χ1v) is 10.6. The van der Waals surface area contributed by atoms with E-state index >= 15 is 0 Å². The molecule has 1 aliphatic rings. The van der Waals surface area contributed by atoms with E-state index in [4.69, 9.17) is 19.9 Å². The van der Waals surface area contributed by atoms with E-state index in [0.29, 0.717) is 17.4 Å². The molecule has 3 rings (SSSR count).